The summed E-state index contributed by atoms with van der Waals surface area (Å²) in [6, 6.07) is 1.19. The van der Waals surface area contributed by atoms with Crippen molar-refractivity contribution in [3.63, 3.8) is 0 Å². The molecular weight excluding hydrogens is 146 g/mol. The summed E-state index contributed by atoms with van der Waals surface area (Å²) < 4.78 is 0. The average molecular weight is 171 g/mol. The van der Waals surface area contributed by atoms with Crippen molar-refractivity contribution >= 4 is 0 Å². The molecule has 0 amide bonds. The molecule has 0 saturated carbocycles. The number of hydrogen-bond donors (Lipinski definition) is 1. The normalized spacial score (nSPS) is 18.0. The van der Waals surface area contributed by atoms with E-state index in [2.05, 4.69) is 53.8 Å². The lowest BCUT2D eigenvalue weighted by Gasteiger charge is -2.34. The standard InChI is InChI=1S/C11H25N/c1-8(2)12-10(4)9(3)11(5,6)7/h8-10,12H,1-7H3. The molecule has 0 aromatic rings. The summed E-state index contributed by atoms with van der Waals surface area (Å²) in [4.78, 5) is 0. The number of nitrogens with one attached hydrogen (secondary N) is 1. The van der Waals surface area contributed by atoms with Crippen LogP contribution in [0, 0.1) is 11.3 Å². The highest BCUT2D eigenvalue weighted by Gasteiger charge is 2.25. The summed E-state index contributed by atoms with van der Waals surface area (Å²) in [5.41, 5.74) is 0.404. The van der Waals surface area contributed by atoms with Gasteiger partial charge in [-0.25, -0.2) is 0 Å². The van der Waals surface area contributed by atoms with Crippen molar-refractivity contribution in [2.75, 3.05) is 0 Å². The van der Waals surface area contributed by atoms with Gasteiger partial charge in [0.15, 0.2) is 0 Å². The second-order valence-electron chi connectivity index (χ2n) is 5.26. The van der Waals surface area contributed by atoms with Gasteiger partial charge in [0.2, 0.25) is 0 Å². The first kappa shape index (κ1) is 12.0. The Morgan fingerprint density at radius 1 is 0.917 bits per heavy atom. The average Bonchev–Trinajstić information content (AvgIpc) is 1.82. The van der Waals surface area contributed by atoms with E-state index < -0.39 is 0 Å². The fourth-order valence-corrected chi connectivity index (χ4v) is 1.42. The minimum atomic E-state index is 0.404. The lowest BCUT2D eigenvalue weighted by Crippen LogP contribution is -2.41. The minimum absolute atomic E-state index is 0.404. The Bertz CT molecular complexity index is 121. The van der Waals surface area contributed by atoms with Crippen LogP contribution in [-0.2, 0) is 0 Å². The number of rotatable bonds is 3. The summed E-state index contributed by atoms with van der Waals surface area (Å²) >= 11 is 0. The summed E-state index contributed by atoms with van der Waals surface area (Å²) in [7, 11) is 0. The molecular formula is C11H25N. The maximum atomic E-state index is 3.55. The van der Waals surface area contributed by atoms with Crippen LogP contribution in [0.1, 0.15) is 48.5 Å². The summed E-state index contributed by atoms with van der Waals surface area (Å²) in [6.45, 7) is 15.9. The molecule has 0 aromatic carbocycles. The molecule has 2 atom stereocenters. The van der Waals surface area contributed by atoms with Gasteiger partial charge in [-0.15, -0.1) is 0 Å². The molecule has 12 heavy (non-hydrogen) atoms. The molecule has 0 bridgehead atoms. The van der Waals surface area contributed by atoms with E-state index >= 15 is 0 Å². The Hall–Kier alpha value is -0.0400. The Labute approximate surface area is 77.9 Å². The lowest BCUT2D eigenvalue weighted by atomic mass is 9.78. The summed E-state index contributed by atoms with van der Waals surface area (Å²) in [6.07, 6.45) is 0. The van der Waals surface area contributed by atoms with Crippen molar-refractivity contribution in [3.05, 3.63) is 0 Å². The van der Waals surface area contributed by atoms with Gasteiger partial charge in [-0.3, -0.25) is 0 Å². The van der Waals surface area contributed by atoms with E-state index in [9.17, 15) is 0 Å². The molecule has 1 N–H and O–H groups in total. The highest BCUT2D eigenvalue weighted by molar-refractivity contribution is 4.79. The van der Waals surface area contributed by atoms with Gasteiger partial charge >= 0.3 is 0 Å². The van der Waals surface area contributed by atoms with Crippen LogP contribution in [0.3, 0.4) is 0 Å². The predicted molar refractivity (Wildman–Crippen MR) is 56.4 cm³/mol. The molecule has 74 valence electrons. The van der Waals surface area contributed by atoms with Gasteiger partial charge in [0, 0.05) is 12.1 Å². The Balaban J connectivity index is 4.01. The van der Waals surface area contributed by atoms with E-state index in [1.54, 1.807) is 0 Å². The van der Waals surface area contributed by atoms with Crippen molar-refractivity contribution in [2.24, 2.45) is 11.3 Å². The maximum Gasteiger partial charge on any atom is 0.00717 e. The summed E-state index contributed by atoms with van der Waals surface area (Å²) in [5, 5.41) is 3.55. The van der Waals surface area contributed by atoms with Crippen LogP contribution in [0.25, 0.3) is 0 Å². The van der Waals surface area contributed by atoms with Gasteiger partial charge in [0.05, 0.1) is 0 Å². The Morgan fingerprint density at radius 2 is 1.33 bits per heavy atom. The molecule has 0 aliphatic heterocycles. The predicted octanol–water partition coefficient (Wildman–Crippen LogP) is 3.06. The monoisotopic (exact) mass is 171 g/mol. The van der Waals surface area contributed by atoms with Crippen LogP contribution in [-0.4, -0.2) is 12.1 Å². The van der Waals surface area contributed by atoms with Crippen LogP contribution >= 0.6 is 0 Å². The first-order valence-electron chi connectivity index (χ1n) is 5.01. The van der Waals surface area contributed by atoms with Gasteiger partial charge in [-0.05, 0) is 18.3 Å². The van der Waals surface area contributed by atoms with E-state index in [-0.39, 0.29) is 0 Å². The minimum Gasteiger partial charge on any atom is -0.312 e. The van der Waals surface area contributed by atoms with E-state index in [4.69, 9.17) is 0 Å². The fraction of sp³-hybridized carbons (Fsp3) is 1.00. The molecule has 0 fully saturated rings. The quantitative estimate of drug-likeness (QED) is 0.688. The SMILES string of the molecule is CC(C)NC(C)C(C)C(C)(C)C. The van der Waals surface area contributed by atoms with E-state index in [0.29, 0.717) is 23.4 Å². The zero-order chi connectivity index (χ0) is 9.94. The second-order valence-corrected chi connectivity index (χ2v) is 5.26. The molecule has 0 rings (SSSR count). The molecule has 0 saturated heterocycles. The highest BCUT2D eigenvalue weighted by atomic mass is 14.9. The van der Waals surface area contributed by atoms with Gasteiger partial charge in [-0.1, -0.05) is 41.5 Å². The smallest absolute Gasteiger partial charge is 0.00717 e. The zero-order valence-electron chi connectivity index (χ0n) is 9.73. The van der Waals surface area contributed by atoms with Crippen LogP contribution < -0.4 is 5.32 Å². The molecule has 2 unspecified atom stereocenters. The first-order chi connectivity index (χ1) is 5.25. The Kier molecular flexibility index (Phi) is 4.25. The largest absolute Gasteiger partial charge is 0.312 e. The van der Waals surface area contributed by atoms with Gasteiger partial charge in [0.25, 0.3) is 0 Å². The second kappa shape index (κ2) is 4.27. The molecule has 0 spiro atoms. The van der Waals surface area contributed by atoms with Gasteiger partial charge in [0.1, 0.15) is 0 Å². The van der Waals surface area contributed by atoms with Crippen molar-refractivity contribution in [1.82, 2.24) is 5.32 Å². The molecule has 0 aliphatic rings. The van der Waals surface area contributed by atoms with Gasteiger partial charge < -0.3 is 5.32 Å². The van der Waals surface area contributed by atoms with Crippen molar-refractivity contribution in [1.29, 1.82) is 0 Å². The van der Waals surface area contributed by atoms with E-state index in [1.165, 1.54) is 0 Å². The van der Waals surface area contributed by atoms with Crippen LogP contribution in [0.15, 0.2) is 0 Å². The third-order valence-corrected chi connectivity index (χ3v) is 2.71. The third kappa shape index (κ3) is 4.10. The lowest BCUT2D eigenvalue weighted by molar-refractivity contribution is 0.200. The third-order valence-electron chi connectivity index (χ3n) is 2.71. The van der Waals surface area contributed by atoms with Crippen LogP contribution in [0.5, 0.6) is 0 Å². The molecule has 1 nitrogen and oxygen atoms in total. The van der Waals surface area contributed by atoms with E-state index in [1.807, 2.05) is 0 Å². The van der Waals surface area contributed by atoms with E-state index in [0.717, 1.165) is 0 Å². The van der Waals surface area contributed by atoms with Gasteiger partial charge in [-0.2, -0.15) is 0 Å². The van der Waals surface area contributed by atoms with Crippen LogP contribution in [0.4, 0.5) is 0 Å². The van der Waals surface area contributed by atoms with Crippen molar-refractivity contribution in [3.8, 4) is 0 Å². The number of hydrogen-bond acceptors (Lipinski definition) is 1. The fourth-order valence-electron chi connectivity index (χ4n) is 1.42. The molecule has 0 aromatic heterocycles. The summed E-state index contributed by atoms with van der Waals surface area (Å²) in [5.74, 6) is 0.708. The first-order valence-corrected chi connectivity index (χ1v) is 5.01. The molecule has 1 heteroatoms. The molecule has 0 radical (unpaired) electrons. The highest BCUT2D eigenvalue weighted by Crippen LogP contribution is 2.27. The maximum absolute atomic E-state index is 3.55. The topological polar surface area (TPSA) is 12.0 Å². The van der Waals surface area contributed by atoms with Crippen molar-refractivity contribution in [2.45, 2.75) is 60.5 Å². The Morgan fingerprint density at radius 3 is 1.58 bits per heavy atom. The molecule has 0 aliphatic carbocycles. The molecule has 0 heterocycles. The zero-order valence-corrected chi connectivity index (χ0v) is 9.73. The van der Waals surface area contributed by atoms with Crippen LogP contribution in [0.2, 0.25) is 0 Å². The van der Waals surface area contributed by atoms with Crippen molar-refractivity contribution < 1.29 is 0 Å².